The Morgan fingerprint density at radius 3 is 2.41 bits per heavy atom. The maximum Gasteiger partial charge on any atom is 0.416 e. The van der Waals surface area contributed by atoms with Crippen molar-refractivity contribution in [3.8, 4) is 11.4 Å². The van der Waals surface area contributed by atoms with Crippen LogP contribution in [0.4, 0.5) is 19.0 Å². The zero-order valence-corrected chi connectivity index (χ0v) is 15.4. The SMILES string of the molecule is CCOC(=O)c1cnc(-c2ccc(C(F)(F)F)cc2)nc1NCc1ccncc1. The van der Waals surface area contributed by atoms with Crippen LogP contribution in [0, 0.1) is 0 Å². The van der Waals surface area contributed by atoms with Crippen LogP contribution in [0.15, 0.2) is 55.0 Å². The molecule has 0 amide bonds. The largest absolute Gasteiger partial charge is 0.462 e. The van der Waals surface area contributed by atoms with Crippen molar-refractivity contribution in [1.82, 2.24) is 15.0 Å². The Kier molecular flexibility index (Phi) is 6.06. The van der Waals surface area contributed by atoms with Crippen molar-refractivity contribution < 1.29 is 22.7 Å². The summed E-state index contributed by atoms with van der Waals surface area (Å²) in [6, 6.07) is 8.09. The molecular formula is C20H17F3N4O2. The molecule has 0 saturated heterocycles. The average Bonchev–Trinajstić information content (AvgIpc) is 2.72. The lowest BCUT2D eigenvalue weighted by Crippen LogP contribution is -2.13. The number of halogens is 3. The van der Waals surface area contributed by atoms with Crippen molar-refractivity contribution in [3.05, 3.63) is 71.7 Å². The van der Waals surface area contributed by atoms with Crippen LogP contribution in [0.2, 0.25) is 0 Å². The molecule has 0 radical (unpaired) electrons. The van der Waals surface area contributed by atoms with Gasteiger partial charge in [0.2, 0.25) is 0 Å². The molecule has 0 aliphatic rings. The van der Waals surface area contributed by atoms with Gasteiger partial charge in [0.25, 0.3) is 0 Å². The van der Waals surface area contributed by atoms with Crippen LogP contribution in [0.25, 0.3) is 11.4 Å². The predicted molar refractivity (Wildman–Crippen MR) is 100.0 cm³/mol. The molecule has 3 aromatic rings. The summed E-state index contributed by atoms with van der Waals surface area (Å²) in [5.74, 6) is -0.183. The van der Waals surface area contributed by atoms with Crippen molar-refractivity contribution in [1.29, 1.82) is 0 Å². The van der Waals surface area contributed by atoms with Gasteiger partial charge in [0.1, 0.15) is 11.4 Å². The monoisotopic (exact) mass is 402 g/mol. The van der Waals surface area contributed by atoms with Crippen LogP contribution >= 0.6 is 0 Å². The highest BCUT2D eigenvalue weighted by Crippen LogP contribution is 2.30. The molecule has 0 aliphatic carbocycles. The van der Waals surface area contributed by atoms with Crippen molar-refractivity contribution in [2.24, 2.45) is 0 Å². The van der Waals surface area contributed by atoms with Gasteiger partial charge in [0.05, 0.1) is 12.2 Å². The van der Waals surface area contributed by atoms with Crippen molar-refractivity contribution >= 4 is 11.8 Å². The standard InChI is InChI=1S/C20H17F3N4O2/c1-2-29-19(28)16-12-26-17(14-3-5-15(6-4-14)20(21,22)23)27-18(16)25-11-13-7-9-24-10-8-13/h3-10,12H,2,11H2,1H3,(H,25,26,27). The van der Waals surface area contributed by atoms with E-state index in [1.165, 1.54) is 18.3 Å². The summed E-state index contributed by atoms with van der Waals surface area (Å²) in [6.45, 7) is 2.22. The van der Waals surface area contributed by atoms with E-state index in [0.717, 1.165) is 17.7 Å². The fraction of sp³-hybridized carbons (Fsp3) is 0.200. The van der Waals surface area contributed by atoms with E-state index in [0.29, 0.717) is 12.1 Å². The number of carbonyl (C=O) groups is 1. The molecule has 0 bridgehead atoms. The lowest BCUT2D eigenvalue weighted by molar-refractivity contribution is -0.137. The van der Waals surface area contributed by atoms with Crippen LogP contribution < -0.4 is 5.32 Å². The van der Waals surface area contributed by atoms with E-state index in [-0.39, 0.29) is 23.8 Å². The number of anilines is 1. The fourth-order valence-electron chi connectivity index (χ4n) is 2.51. The van der Waals surface area contributed by atoms with Crippen LogP contribution in [-0.2, 0) is 17.5 Å². The summed E-state index contributed by atoms with van der Waals surface area (Å²) < 4.78 is 43.3. The Morgan fingerprint density at radius 1 is 1.10 bits per heavy atom. The van der Waals surface area contributed by atoms with E-state index < -0.39 is 17.7 Å². The maximum atomic E-state index is 12.8. The number of nitrogens with zero attached hydrogens (tertiary/aromatic N) is 3. The minimum absolute atomic E-state index is 0.136. The highest BCUT2D eigenvalue weighted by Gasteiger charge is 2.30. The third kappa shape index (κ3) is 5.07. The number of aromatic nitrogens is 3. The molecule has 0 unspecified atom stereocenters. The fourth-order valence-corrected chi connectivity index (χ4v) is 2.51. The van der Waals surface area contributed by atoms with Gasteiger partial charge in [-0.3, -0.25) is 4.98 Å². The molecule has 3 rings (SSSR count). The molecule has 29 heavy (non-hydrogen) atoms. The molecule has 0 spiro atoms. The predicted octanol–water partition coefficient (Wildman–Crippen LogP) is 4.35. The minimum Gasteiger partial charge on any atom is -0.462 e. The lowest BCUT2D eigenvalue weighted by Gasteiger charge is -2.12. The van der Waals surface area contributed by atoms with Gasteiger partial charge in [-0.1, -0.05) is 12.1 Å². The van der Waals surface area contributed by atoms with E-state index in [1.807, 2.05) is 0 Å². The summed E-state index contributed by atoms with van der Waals surface area (Å²) in [5, 5.41) is 3.05. The average molecular weight is 402 g/mol. The Bertz CT molecular complexity index is 977. The number of ether oxygens (including phenoxy) is 1. The molecule has 1 aromatic carbocycles. The molecule has 9 heteroatoms. The van der Waals surface area contributed by atoms with Crippen LogP contribution in [0.3, 0.4) is 0 Å². The van der Waals surface area contributed by atoms with Crippen molar-refractivity contribution in [3.63, 3.8) is 0 Å². The zero-order chi connectivity index (χ0) is 20.9. The highest BCUT2D eigenvalue weighted by atomic mass is 19.4. The number of benzene rings is 1. The molecule has 0 fully saturated rings. The zero-order valence-electron chi connectivity index (χ0n) is 15.4. The Labute approximate surface area is 164 Å². The van der Waals surface area contributed by atoms with E-state index in [4.69, 9.17) is 4.74 Å². The van der Waals surface area contributed by atoms with E-state index >= 15 is 0 Å². The first-order chi connectivity index (χ1) is 13.9. The van der Waals surface area contributed by atoms with Crippen LogP contribution in [0.5, 0.6) is 0 Å². The van der Waals surface area contributed by atoms with E-state index in [2.05, 4.69) is 20.3 Å². The van der Waals surface area contributed by atoms with Crippen LogP contribution in [-0.4, -0.2) is 27.5 Å². The van der Waals surface area contributed by atoms with Crippen molar-refractivity contribution in [2.45, 2.75) is 19.6 Å². The van der Waals surface area contributed by atoms with Gasteiger partial charge in [0, 0.05) is 30.7 Å². The summed E-state index contributed by atoms with van der Waals surface area (Å²) in [4.78, 5) is 24.6. The van der Waals surface area contributed by atoms with Crippen LogP contribution in [0.1, 0.15) is 28.4 Å². The number of esters is 1. The molecule has 2 aromatic heterocycles. The normalized spacial score (nSPS) is 11.2. The van der Waals surface area contributed by atoms with Crippen molar-refractivity contribution in [2.75, 3.05) is 11.9 Å². The summed E-state index contributed by atoms with van der Waals surface area (Å²) in [6.07, 6.45) is 0.144. The number of pyridine rings is 1. The van der Waals surface area contributed by atoms with Gasteiger partial charge in [0.15, 0.2) is 5.82 Å². The van der Waals surface area contributed by atoms with Gasteiger partial charge in [-0.2, -0.15) is 13.2 Å². The number of rotatable bonds is 6. The van der Waals surface area contributed by atoms with Gasteiger partial charge < -0.3 is 10.1 Å². The first-order valence-electron chi connectivity index (χ1n) is 8.73. The highest BCUT2D eigenvalue weighted by molar-refractivity contribution is 5.94. The molecule has 1 N–H and O–H groups in total. The van der Waals surface area contributed by atoms with Gasteiger partial charge in [-0.05, 0) is 36.8 Å². The Balaban J connectivity index is 1.91. The number of alkyl halides is 3. The summed E-state index contributed by atoms with van der Waals surface area (Å²) in [7, 11) is 0. The molecule has 6 nitrogen and oxygen atoms in total. The molecular weight excluding hydrogens is 385 g/mol. The third-order valence-corrected chi connectivity index (χ3v) is 3.96. The van der Waals surface area contributed by atoms with Gasteiger partial charge in [-0.25, -0.2) is 14.8 Å². The Hall–Kier alpha value is -3.49. The lowest BCUT2D eigenvalue weighted by atomic mass is 10.1. The number of nitrogens with one attached hydrogen (secondary N) is 1. The first kappa shape index (κ1) is 20.2. The summed E-state index contributed by atoms with van der Waals surface area (Å²) in [5.41, 5.74) is 0.668. The minimum atomic E-state index is -4.43. The number of hydrogen-bond donors (Lipinski definition) is 1. The van der Waals surface area contributed by atoms with E-state index in [9.17, 15) is 18.0 Å². The van der Waals surface area contributed by atoms with Gasteiger partial charge in [-0.15, -0.1) is 0 Å². The Morgan fingerprint density at radius 2 is 1.79 bits per heavy atom. The number of carbonyl (C=O) groups excluding carboxylic acids is 1. The maximum absolute atomic E-state index is 12.8. The second-order valence-corrected chi connectivity index (χ2v) is 5.96. The van der Waals surface area contributed by atoms with Gasteiger partial charge >= 0.3 is 12.1 Å². The molecule has 0 atom stereocenters. The molecule has 0 saturated carbocycles. The quantitative estimate of drug-likeness (QED) is 0.618. The van der Waals surface area contributed by atoms with E-state index in [1.54, 1.807) is 31.5 Å². The number of hydrogen-bond acceptors (Lipinski definition) is 6. The molecule has 2 heterocycles. The second kappa shape index (κ2) is 8.68. The summed E-state index contributed by atoms with van der Waals surface area (Å²) >= 11 is 0. The molecule has 150 valence electrons. The first-order valence-corrected chi connectivity index (χ1v) is 8.73. The third-order valence-electron chi connectivity index (χ3n) is 3.96. The molecule has 0 aliphatic heterocycles. The second-order valence-electron chi connectivity index (χ2n) is 5.96. The smallest absolute Gasteiger partial charge is 0.416 e. The topological polar surface area (TPSA) is 77.0 Å².